The van der Waals surface area contributed by atoms with Crippen LogP contribution in [-0.4, -0.2) is 29.7 Å². The number of hydrogen-bond acceptors (Lipinski definition) is 2. The van der Waals surface area contributed by atoms with Gasteiger partial charge in [0.25, 0.3) is 0 Å². The minimum Gasteiger partial charge on any atom is -0.444 e. The molecule has 0 aromatic heterocycles. The van der Waals surface area contributed by atoms with Gasteiger partial charge in [0.1, 0.15) is 5.60 Å². The molecule has 0 bridgehead atoms. The molecule has 2 rings (SSSR count). The maximum absolute atomic E-state index is 12.1. The highest BCUT2D eigenvalue weighted by molar-refractivity contribution is 5.68. The van der Waals surface area contributed by atoms with Crippen molar-refractivity contribution in [2.75, 3.05) is 13.1 Å². The number of rotatable bonds is 0. The third kappa shape index (κ3) is 3.06. The molecule has 1 saturated heterocycles. The van der Waals surface area contributed by atoms with Crippen LogP contribution in [0.5, 0.6) is 0 Å². The molecule has 0 aromatic rings. The predicted octanol–water partition coefficient (Wildman–Crippen LogP) is 3.60. The van der Waals surface area contributed by atoms with Crippen LogP contribution in [-0.2, 0) is 4.74 Å². The van der Waals surface area contributed by atoms with Crippen LogP contribution in [0.1, 0.15) is 46.5 Å². The normalized spacial score (nSPS) is 28.8. The Morgan fingerprint density at radius 2 is 2.06 bits per heavy atom. The SMILES string of the molecule is C=C1CN(C(=O)OC(C)(C)C)CC[C@@H]2CCC[C@H]12. The van der Waals surface area contributed by atoms with Crippen molar-refractivity contribution >= 4 is 6.09 Å². The van der Waals surface area contributed by atoms with E-state index in [4.69, 9.17) is 4.74 Å². The number of likely N-dealkylation sites (tertiary alicyclic amines) is 1. The first-order valence-electron chi connectivity index (χ1n) is 7.02. The molecule has 0 N–H and O–H groups in total. The monoisotopic (exact) mass is 251 g/mol. The van der Waals surface area contributed by atoms with Gasteiger partial charge in [0.15, 0.2) is 0 Å². The van der Waals surface area contributed by atoms with Crippen LogP contribution in [0, 0.1) is 11.8 Å². The van der Waals surface area contributed by atoms with Gasteiger partial charge in [-0.1, -0.05) is 18.6 Å². The first-order valence-corrected chi connectivity index (χ1v) is 7.02. The van der Waals surface area contributed by atoms with E-state index in [0.29, 0.717) is 12.5 Å². The highest BCUT2D eigenvalue weighted by Gasteiger charge is 2.34. The zero-order chi connectivity index (χ0) is 13.3. The Balaban J connectivity index is 1.99. The lowest BCUT2D eigenvalue weighted by Gasteiger charge is -2.27. The van der Waals surface area contributed by atoms with E-state index < -0.39 is 5.60 Å². The van der Waals surface area contributed by atoms with Gasteiger partial charge >= 0.3 is 6.09 Å². The van der Waals surface area contributed by atoms with E-state index in [9.17, 15) is 4.79 Å². The van der Waals surface area contributed by atoms with Crippen LogP contribution in [0.4, 0.5) is 4.79 Å². The second-order valence-electron chi connectivity index (χ2n) is 6.65. The Morgan fingerprint density at radius 3 is 2.72 bits per heavy atom. The van der Waals surface area contributed by atoms with Crippen molar-refractivity contribution in [2.45, 2.75) is 52.1 Å². The van der Waals surface area contributed by atoms with E-state index in [1.54, 1.807) is 0 Å². The topological polar surface area (TPSA) is 29.5 Å². The maximum Gasteiger partial charge on any atom is 0.410 e. The van der Waals surface area contributed by atoms with E-state index in [1.807, 2.05) is 25.7 Å². The molecule has 3 heteroatoms. The average Bonchev–Trinajstić information content (AvgIpc) is 2.63. The van der Waals surface area contributed by atoms with Crippen molar-refractivity contribution in [1.82, 2.24) is 4.90 Å². The van der Waals surface area contributed by atoms with Gasteiger partial charge in [-0.25, -0.2) is 4.79 Å². The lowest BCUT2D eigenvalue weighted by atomic mass is 9.89. The maximum atomic E-state index is 12.1. The highest BCUT2D eigenvalue weighted by Crippen LogP contribution is 2.40. The first-order chi connectivity index (χ1) is 8.37. The van der Waals surface area contributed by atoms with Crippen LogP contribution >= 0.6 is 0 Å². The molecule has 3 nitrogen and oxygen atoms in total. The number of ether oxygens (including phenoxy) is 1. The minimum absolute atomic E-state index is 0.191. The molecule has 0 aromatic carbocycles. The van der Waals surface area contributed by atoms with Gasteiger partial charge in [-0.05, 0) is 51.9 Å². The molecule has 0 radical (unpaired) electrons. The number of fused-ring (bicyclic) bond motifs is 1. The third-order valence-electron chi connectivity index (χ3n) is 4.00. The summed E-state index contributed by atoms with van der Waals surface area (Å²) in [6, 6.07) is 0. The van der Waals surface area contributed by atoms with Gasteiger partial charge in [-0.15, -0.1) is 0 Å². The van der Waals surface area contributed by atoms with Crippen molar-refractivity contribution in [1.29, 1.82) is 0 Å². The van der Waals surface area contributed by atoms with Crippen LogP contribution in [0.3, 0.4) is 0 Å². The van der Waals surface area contributed by atoms with Crippen molar-refractivity contribution in [2.24, 2.45) is 11.8 Å². The molecule has 18 heavy (non-hydrogen) atoms. The van der Waals surface area contributed by atoms with Gasteiger partial charge < -0.3 is 9.64 Å². The van der Waals surface area contributed by atoms with Gasteiger partial charge in [0, 0.05) is 13.1 Å². The lowest BCUT2D eigenvalue weighted by Crippen LogP contribution is -2.37. The molecule has 1 aliphatic carbocycles. The summed E-state index contributed by atoms with van der Waals surface area (Å²) in [7, 11) is 0. The highest BCUT2D eigenvalue weighted by atomic mass is 16.6. The number of hydrogen-bond donors (Lipinski definition) is 0. The Morgan fingerprint density at radius 1 is 1.33 bits per heavy atom. The second-order valence-corrected chi connectivity index (χ2v) is 6.65. The van der Waals surface area contributed by atoms with Crippen LogP contribution in [0.25, 0.3) is 0 Å². The Hall–Kier alpha value is -0.990. The summed E-state index contributed by atoms with van der Waals surface area (Å²) in [5.74, 6) is 1.38. The lowest BCUT2D eigenvalue weighted by molar-refractivity contribution is 0.0268. The quantitative estimate of drug-likeness (QED) is 0.616. The minimum atomic E-state index is -0.416. The van der Waals surface area contributed by atoms with Gasteiger partial charge in [-0.2, -0.15) is 0 Å². The average molecular weight is 251 g/mol. The molecule has 1 heterocycles. The number of nitrogens with zero attached hydrogens (tertiary/aromatic N) is 1. The van der Waals surface area contributed by atoms with Crippen molar-refractivity contribution in [3.63, 3.8) is 0 Å². The van der Waals surface area contributed by atoms with E-state index >= 15 is 0 Å². The fourth-order valence-electron chi connectivity index (χ4n) is 3.17. The Bertz CT molecular complexity index is 343. The van der Waals surface area contributed by atoms with Crippen molar-refractivity contribution in [3.8, 4) is 0 Å². The first kappa shape index (κ1) is 13.4. The fraction of sp³-hybridized carbons (Fsp3) is 0.800. The number of amides is 1. The van der Waals surface area contributed by atoms with E-state index in [1.165, 1.54) is 24.8 Å². The number of carbonyl (C=O) groups excluding carboxylic acids is 1. The summed E-state index contributed by atoms with van der Waals surface area (Å²) >= 11 is 0. The fourth-order valence-corrected chi connectivity index (χ4v) is 3.17. The smallest absolute Gasteiger partial charge is 0.410 e. The molecule has 2 aliphatic rings. The summed E-state index contributed by atoms with van der Waals surface area (Å²) in [4.78, 5) is 13.9. The Kier molecular flexibility index (Phi) is 3.69. The molecular formula is C15H25NO2. The van der Waals surface area contributed by atoms with Gasteiger partial charge in [0.05, 0.1) is 0 Å². The molecule has 0 spiro atoms. The summed E-state index contributed by atoms with van der Waals surface area (Å²) < 4.78 is 5.45. The summed E-state index contributed by atoms with van der Waals surface area (Å²) in [5.41, 5.74) is 0.807. The largest absolute Gasteiger partial charge is 0.444 e. The molecule has 2 atom stereocenters. The molecule has 102 valence electrons. The molecule has 2 fully saturated rings. The van der Waals surface area contributed by atoms with Gasteiger partial charge in [0.2, 0.25) is 0 Å². The molecule has 1 amide bonds. The summed E-state index contributed by atoms with van der Waals surface area (Å²) in [6.45, 7) is 11.4. The number of carbonyl (C=O) groups is 1. The Labute approximate surface area is 110 Å². The second kappa shape index (κ2) is 4.94. The van der Waals surface area contributed by atoms with E-state index in [2.05, 4.69) is 6.58 Å². The van der Waals surface area contributed by atoms with Crippen molar-refractivity contribution in [3.05, 3.63) is 12.2 Å². The molecule has 0 unspecified atom stereocenters. The molecule has 1 aliphatic heterocycles. The summed E-state index contributed by atoms with van der Waals surface area (Å²) in [5, 5.41) is 0. The predicted molar refractivity (Wildman–Crippen MR) is 72.4 cm³/mol. The summed E-state index contributed by atoms with van der Waals surface area (Å²) in [6.07, 6.45) is 4.78. The third-order valence-corrected chi connectivity index (χ3v) is 4.00. The molecular weight excluding hydrogens is 226 g/mol. The van der Waals surface area contributed by atoms with E-state index in [-0.39, 0.29) is 6.09 Å². The van der Waals surface area contributed by atoms with Crippen LogP contribution < -0.4 is 0 Å². The standard InChI is InChI=1S/C15H25NO2/c1-11-10-16(14(17)18-15(2,3)4)9-8-12-6-5-7-13(11)12/h12-13H,1,5-10H2,2-4H3/t12-,13+/m0/s1. The van der Waals surface area contributed by atoms with Crippen molar-refractivity contribution < 1.29 is 9.53 Å². The molecule has 1 saturated carbocycles. The van der Waals surface area contributed by atoms with Crippen LogP contribution in [0.2, 0.25) is 0 Å². The zero-order valence-corrected chi connectivity index (χ0v) is 11.9. The van der Waals surface area contributed by atoms with Gasteiger partial charge in [-0.3, -0.25) is 0 Å². The zero-order valence-electron chi connectivity index (χ0n) is 11.9. The van der Waals surface area contributed by atoms with E-state index in [0.717, 1.165) is 18.9 Å². The van der Waals surface area contributed by atoms with Crippen LogP contribution in [0.15, 0.2) is 12.2 Å².